The number of esters is 3. The maximum atomic E-state index is 14.6. The van der Waals surface area contributed by atoms with Gasteiger partial charge in [0, 0.05) is 19.3 Å². The van der Waals surface area contributed by atoms with Crippen LogP contribution in [-0.2, 0) is 38.1 Å². The van der Waals surface area contributed by atoms with Crippen LogP contribution in [0.2, 0.25) is 0 Å². The van der Waals surface area contributed by atoms with Gasteiger partial charge in [0.1, 0.15) is 30.0 Å². The highest BCUT2D eigenvalue weighted by Gasteiger charge is 2.74. The van der Waals surface area contributed by atoms with Crippen molar-refractivity contribution in [2.45, 2.75) is 115 Å². The molecule has 296 valence electrons. The Bertz CT molecular complexity index is 1840. The van der Waals surface area contributed by atoms with Crippen LogP contribution in [0, 0.1) is 17.3 Å². The van der Waals surface area contributed by atoms with Crippen molar-refractivity contribution in [2.75, 3.05) is 6.61 Å². The number of Topliss-reactive ketones (excluding diaryl/α,β-unsaturated/α-hetero) is 1. The largest absolute Gasteiger partial charge is 0.458 e. The summed E-state index contributed by atoms with van der Waals surface area (Å²) in [6, 6.07) is 15.2. The molecule has 4 N–H and O–H groups in total. The van der Waals surface area contributed by atoms with Crippen LogP contribution in [0.25, 0.3) is 0 Å². The second-order valence-corrected chi connectivity index (χ2v) is 16.2. The van der Waals surface area contributed by atoms with Gasteiger partial charge < -0.3 is 44.3 Å². The first-order chi connectivity index (χ1) is 25.9. The number of carbonyl (C=O) groups is 5. The Kier molecular flexibility index (Phi) is 11.0. The molecule has 2 bridgehead atoms. The Balaban J connectivity index is 1.40. The van der Waals surface area contributed by atoms with Gasteiger partial charge in [0.05, 0.1) is 35.6 Å². The zero-order valence-corrected chi connectivity index (χ0v) is 31.7. The van der Waals surface area contributed by atoms with Crippen molar-refractivity contribution >= 4 is 29.8 Å². The molecule has 14 nitrogen and oxygen atoms in total. The average molecular weight is 764 g/mol. The highest BCUT2D eigenvalue weighted by molar-refractivity contribution is 5.93. The molecule has 55 heavy (non-hydrogen) atoms. The standard InChI is InChI=1S/C41H49NO13/c1-21-26-17-25(18-27(21)52-37(49)32(46)30(23-13-9-7-10-14-23)42-38(50)55-39(3,4)5)33(53-36(48)24-15-11-8-12-16-24)34-40(6,35(47)31(26)45)28(44)19-29-41(34,20-51-29)54-22(2)43/h7-16,25,27-34,44-46H,17-20H2,1-6H3,(H,42,50)/t25?,27-,28-,29+,30-,31+,32+,33+,34-,40+,41-/m0/s1. The Hall–Kier alpha value is -4.63. The number of alkyl carbamates (subject to hydrolysis) is 1. The van der Waals surface area contributed by atoms with E-state index in [2.05, 4.69) is 5.32 Å². The molecule has 1 saturated heterocycles. The monoisotopic (exact) mass is 763 g/mol. The molecule has 6 rings (SSSR count). The summed E-state index contributed by atoms with van der Waals surface area (Å²) in [6.07, 6.45) is -9.28. The van der Waals surface area contributed by atoms with Gasteiger partial charge in [-0.1, -0.05) is 48.5 Å². The van der Waals surface area contributed by atoms with Gasteiger partial charge in [-0.05, 0) is 76.3 Å². The quantitative estimate of drug-likeness (QED) is 0.173. The van der Waals surface area contributed by atoms with Gasteiger partial charge in [-0.3, -0.25) is 9.59 Å². The third-order valence-corrected chi connectivity index (χ3v) is 11.5. The highest BCUT2D eigenvalue weighted by atomic mass is 16.6. The van der Waals surface area contributed by atoms with Crippen molar-refractivity contribution < 1.29 is 63.0 Å². The van der Waals surface area contributed by atoms with E-state index < -0.39 is 101 Å². The molecule has 2 aromatic carbocycles. The molecule has 11 atom stereocenters. The average Bonchev–Trinajstić information content (AvgIpc) is 3.13. The minimum absolute atomic E-state index is 0.0126. The Labute approximate surface area is 319 Å². The Morgan fingerprint density at radius 2 is 1.60 bits per heavy atom. The van der Waals surface area contributed by atoms with E-state index in [4.69, 9.17) is 23.7 Å². The SMILES string of the molecule is CC(=O)O[C@@]12CO[C@@H]1C[C@H](O)[C@@]1(C)C(=O)[C@H](O)C3=C(C)[C@@H](OC(=O)[C@H](O)[C@@H](NC(=O)OC(C)(C)C)c4ccccc4)CC(C3)[C@@H](OC(=O)c3ccccc3)[C@H]21. The topological polar surface area (TPSA) is 204 Å². The lowest BCUT2D eigenvalue weighted by Gasteiger charge is -2.64. The van der Waals surface area contributed by atoms with E-state index in [1.165, 1.54) is 13.8 Å². The number of hydrogen-bond acceptors (Lipinski definition) is 13. The van der Waals surface area contributed by atoms with E-state index in [0.29, 0.717) is 11.1 Å². The predicted molar refractivity (Wildman–Crippen MR) is 193 cm³/mol. The van der Waals surface area contributed by atoms with Crippen molar-refractivity contribution in [1.82, 2.24) is 5.32 Å². The molecular weight excluding hydrogens is 714 g/mol. The van der Waals surface area contributed by atoms with E-state index in [9.17, 15) is 39.3 Å². The zero-order valence-electron chi connectivity index (χ0n) is 31.7. The van der Waals surface area contributed by atoms with E-state index in [0.717, 1.165) is 0 Å². The number of aliphatic hydroxyl groups excluding tert-OH is 3. The molecule has 14 heteroatoms. The van der Waals surface area contributed by atoms with Crippen LogP contribution in [0.4, 0.5) is 4.79 Å². The van der Waals surface area contributed by atoms with E-state index in [1.54, 1.807) is 88.4 Å². The van der Waals surface area contributed by atoms with Crippen molar-refractivity contribution in [3.63, 3.8) is 0 Å². The van der Waals surface area contributed by atoms with Crippen LogP contribution < -0.4 is 5.32 Å². The first kappa shape index (κ1) is 40.0. The number of nitrogens with one attached hydrogen (secondary N) is 1. The summed E-state index contributed by atoms with van der Waals surface area (Å²) in [5.41, 5.74) is -3.04. The molecule has 0 spiro atoms. The summed E-state index contributed by atoms with van der Waals surface area (Å²) in [5, 5.41) is 37.6. The third kappa shape index (κ3) is 7.52. The Morgan fingerprint density at radius 1 is 0.964 bits per heavy atom. The first-order valence-corrected chi connectivity index (χ1v) is 18.5. The van der Waals surface area contributed by atoms with Crippen molar-refractivity contribution in [2.24, 2.45) is 17.3 Å². The molecule has 0 aromatic heterocycles. The van der Waals surface area contributed by atoms with Gasteiger partial charge in [-0.2, -0.15) is 0 Å². The van der Waals surface area contributed by atoms with Crippen LogP contribution in [0.1, 0.15) is 82.8 Å². The lowest BCUT2D eigenvalue weighted by Crippen LogP contribution is -2.78. The minimum Gasteiger partial charge on any atom is -0.458 e. The fourth-order valence-corrected chi connectivity index (χ4v) is 8.79. The van der Waals surface area contributed by atoms with Gasteiger partial charge in [0.15, 0.2) is 17.5 Å². The summed E-state index contributed by atoms with van der Waals surface area (Å²) >= 11 is 0. The normalized spacial score (nSPS) is 32.5. The van der Waals surface area contributed by atoms with Crippen LogP contribution in [-0.4, -0.2) is 99.5 Å². The smallest absolute Gasteiger partial charge is 0.408 e. The number of amides is 1. The molecule has 1 amide bonds. The lowest BCUT2D eigenvalue weighted by molar-refractivity contribution is -0.333. The number of benzene rings is 2. The highest BCUT2D eigenvalue weighted by Crippen LogP contribution is 2.60. The van der Waals surface area contributed by atoms with Crippen LogP contribution in [0.5, 0.6) is 0 Å². The number of aliphatic hydroxyl groups is 3. The summed E-state index contributed by atoms with van der Waals surface area (Å²) in [6.45, 7) is 9.15. The number of hydrogen-bond donors (Lipinski definition) is 4. The predicted octanol–water partition coefficient (Wildman–Crippen LogP) is 3.51. The van der Waals surface area contributed by atoms with Crippen molar-refractivity contribution in [3.05, 3.63) is 82.9 Å². The molecule has 3 aliphatic carbocycles. The Morgan fingerprint density at radius 3 is 2.18 bits per heavy atom. The number of carbonyl (C=O) groups excluding carboxylic acids is 5. The molecular formula is C41H49NO13. The molecule has 2 aromatic rings. The van der Waals surface area contributed by atoms with Gasteiger partial charge in [0.2, 0.25) is 0 Å². The number of ether oxygens (including phenoxy) is 5. The molecule has 3 fully saturated rings. The molecule has 1 unspecified atom stereocenters. The maximum absolute atomic E-state index is 14.6. The van der Waals surface area contributed by atoms with Gasteiger partial charge in [-0.25, -0.2) is 14.4 Å². The first-order valence-electron chi connectivity index (χ1n) is 18.5. The zero-order chi connectivity index (χ0) is 40.0. The lowest BCUT2D eigenvalue weighted by atomic mass is 9.49. The molecule has 1 heterocycles. The van der Waals surface area contributed by atoms with E-state index in [-0.39, 0.29) is 37.0 Å². The fourth-order valence-electron chi connectivity index (χ4n) is 8.79. The molecule has 0 radical (unpaired) electrons. The van der Waals surface area contributed by atoms with Crippen LogP contribution in [0.15, 0.2) is 71.8 Å². The van der Waals surface area contributed by atoms with Crippen molar-refractivity contribution in [3.8, 4) is 0 Å². The fraction of sp³-hybridized carbons (Fsp3) is 0.537. The van der Waals surface area contributed by atoms with Gasteiger partial charge >= 0.3 is 24.0 Å². The maximum Gasteiger partial charge on any atom is 0.408 e. The summed E-state index contributed by atoms with van der Waals surface area (Å²) in [4.78, 5) is 67.9. The summed E-state index contributed by atoms with van der Waals surface area (Å²) < 4.78 is 29.5. The van der Waals surface area contributed by atoms with Crippen LogP contribution in [0.3, 0.4) is 0 Å². The summed E-state index contributed by atoms with van der Waals surface area (Å²) in [7, 11) is 0. The third-order valence-electron chi connectivity index (χ3n) is 11.5. The number of ketones is 1. The number of rotatable bonds is 8. The number of fused-ring (bicyclic) bond motifs is 5. The van der Waals surface area contributed by atoms with Crippen LogP contribution >= 0.6 is 0 Å². The molecule has 4 aliphatic rings. The van der Waals surface area contributed by atoms with Gasteiger partial charge in [-0.15, -0.1) is 0 Å². The summed E-state index contributed by atoms with van der Waals surface area (Å²) in [5.74, 6) is -5.29. The van der Waals surface area contributed by atoms with Gasteiger partial charge in [0.25, 0.3) is 0 Å². The van der Waals surface area contributed by atoms with Crippen molar-refractivity contribution in [1.29, 1.82) is 0 Å². The molecule has 1 aliphatic heterocycles. The molecule has 2 saturated carbocycles. The minimum atomic E-state index is -1.94. The second-order valence-electron chi connectivity index (χ2n) is 16.2. The van der Waals surface area contributed by atoms with E-state index in [1.807, 2.05) is 0 Å². The van der Waals surface area contributed by atoms with E-state index >= 15 is 0 Å². The second kappa shape index (κ2) is 15.1.